The lowest BCUT2D eigenvalue weighted by Crippen LogP contribution is -2.34. The van der Waals surface area contributed by atoms with Crippen LogP contribution in [-0.4, -0.2) is 37.8 Å². The van der Waals surface area contributed by atoms with Crippen molar-refractivity contribution in [2.24, 2.45) is 0 Å². The largest absolute Gasteiger partial charge is 0.312 e. The maximum atomic E-state index is 12.9. The zero-order valence-electron chi connectivity index (χ0n) is 13.0. The fourth-order valence-corrected chi connectivity index (χ4v) is 4.76. The normalized spacial score (nSPS) is 17.2. The number of hydrogen-bond donors (Lipinski definition) is 0. The fourth-order valence-electron chi connectivity index (χ4n) is 3.02. The van der Waals surface area contributed by atoms with Crippen LogP contribution >= 0.6 is 0 Å². The second-order valence-corrected chi connectivity index (χ2v) is 7.86. The van der Waals surface area contributed by atoms with Gasteiger partial charge in [-0.05, 0) is 43.0 Å². The number of nitrogens with zero attached hydrogens (tertiary/aromatic N) is 3. The minimum absolute atomic E-state index is 0.0234. The number of carbonyl (C=O) groups excluding carboxylic acids is 1. The minimum Gasteiger partial charge on any atom is -0.312 e. The highest BCUT2D eigenvalue weighted by Crippen LogP contribution is 2.35. The third-order valence-corrected chi connectivity index (χ3v) is 6.28. The van der Waals surface area contributed by atoms with Crippen molar-refractivity contribution >= 4 is 21.6 Å². The highest BCUT2D eigenvalue weighted by Gasteiger charge is 2.38. The van der Waals surface area contributed by atoms with Crippen molar-refractivity contribution in [3.63, 3.8) is 0 Å². The Morgan fingerprint density at radius 3 is 2.78 bits per heavy atom. The molecule has 1 heterocycles. The number of sulfonamides is 1. The zero-order chi connectivity index (χ0) is 16.6. The molecule has 3 rings (SSSR count). The molecule has 0 N–H and O–H groups in total. The molecule has 0 radical (unpaired) electrons. The molecule has 7 heteroatoms. The van der Waals surface area contributed by atoms with Crippen LogP contribution in [0, 0.1) is 11.3 Å². The topological polar surface area (TPSA) is 81.5 Å². The first kappa shape index (κ1) is 16.0. The van der Waals surface area contributed by atoms with Crippen LogP contribution in [-0.2, 0) is 21.2 Å². The summed E-state index contributed by atoms with van der Waals surface area (Å²) in [6, 6.07) is 6.99. The maximum Gasteiger partial charge on any atom is 0.243 e. The smallest absolute Gasteiger partial charge is 0.243 e. The average Bonchev–Trinajstić information content (AvgIpc) is 3.24. The first-order valence-electron chi connectivity index (χ1n) is 7.75. The van der Waals surface area contributed by atoms with E-state index in [1.165, 1.54) is 11.2 Å². The molecule has 0 spiro atoms. The van der Waals surface area contributed by atoms with Crippen LogP contribution in [0.15, 0.2) is 23.1 Å². The summed E-state index contributed by atoms with van der Waals surface area (Å²) < 4.78 is 27.2. The molecule has 0 bridgehead atoms. The molecule has 23 heavy (non-hydrogen) atoms. The Labute approximate surface area is 136 Å². The van der Waals surface area contributed by atoms with Crippen LogP contribution in [0.4, 0.5) is 5.69 Å². The fraction of sp³-hybridized carbons (Fsp3) is 0.500. The predicted octanol–water partition coefficient (Wildman–Crippen LogP) is 1.66. The van der Waals surface area contributed by atoms with Gasteiger partial charge in [-0.3, -0.25) is 4.79 Å². The lowest BCUT2D eigenvalue weighted by molar-refractivity contribution is -0.116. The molecule has 2 aliphatic rings. The van der Waals surface area contributed by atoms with Gasteiger partial charge in [-0.1, -0.05) is 0 Å². The number of hydrogen-bond acceptors (Lipinski definition) is 4. The SMILES string of the molecule is CC(=O)N1CCc2cc(S(=O)(=O)N(CCC#N)C3CC3)ccc21. The van der Waals surface area contributed by atoms with Gasteiger partial charge in [-0.2, -0.15) is 9.57 Å². The van der Waals surface area contributed by atoms with Gasteiger partial charge >= 0.3 is 0 Å². The van der Waals surface area contributed by atoms with Crippen LogP contribution in [0.25, 0.3) is 0 Å². The van der Waals surface area contributed by atoms with Gasteiger partial charge in [0.15, 0.2) is 0 Å². The second kappa shape index (κ2) is 5.95. The summed E-state index contributed by atoms with van der Waals surface area (Å²) in [7, 11) is -3.59. The lowest BCUT2D eigenvalue weighted by Gasteiger charge is -2.21. The molecule has 0 atom stereocenters. The highest BCUT2D eigenvalue weighted by molar-refractivity contribution is 7.89. The van der Waals surface area contributed by atoms with Crippen LogP contribution in [0.1, 0.15) is 31.7 Å². The Balaban J connectivity index is 1.92. The highest BCUT2D eigenvalue weighted by atomic mass is 32.2. The van der Waals surface area contributed by atoms with Gasteiger partial charge in [-0.15, -0.1) is 0 Å². The van der Waals surface area contributed by atoms with Crippen molar-refractivity contribution in [2.45, 2.75) is 43.5 Å². The zero-order valence-corrected chi connectivity index (χ0v) is 13.8. The van der Waals surface area contributed by atoms with Crippen LogP contribution in [0.2, 0.25) is 0 Å². The quantitative estimate of drug-likeness (QED) is 0.820. The van der Waals surface area contributed by atoms with Crippen molar-refractivity contribution in [1.82, 2.24) is 4.31 Å². The number of anilines is 1. The number of fused-ring (bicyclic) bond motifs is 1. The van der Waals surface area contributed by atoms with Crippen molar-refractivity contribution < 1.29 is 13.2 Å². The second-order valence-electron chi connectivity index (χ2n) is 5.97. The minimum atomic E-state index is -3.59. The van der Waals surface area contributed by atoms with Crippen molar-refractivity contribution in [3.8, 4) is 6.07 Å². The van der Waals surface area contributed by atoms with E-state index in [1.54, 1.807) is 23.1 Å². The van der Waals surface area contributed by atoms with E-state index in [2.05, 4.69) is 0 Å². The Morgan fingerprint density at radius 2 is 2.17 bits per heavy atom. The first-order chi connectivity index (χ1) is 10.9. The van der Waals surface area contributed by atoms with Gasteiger partial charge in [0.25, 0.3) is 0 Å². The lowest BCUT2D eigenvalue weighted by atomic mass is 10.2. The number of carbonyl (C=O) groups is 1. The predicted molar refractivity (Wildman–Crippen MR) is 85.3 cm³/mol. The molecular weight excluding hydrogens is 314 g/mol. The van der Waals surface area contributed by atoms with Gasteiger partial charge in [-0.25, -0.2) is 8.42 Å². The van der Waals surface area contributed by atoms with E-state index in [1.807, 2.05) is 6.07 Å². The summed E-state index contributed by atoms with van der Waals surface area (Å²) in [6.07, 6.45) is 2.57. The molecule has 1 aliphatic carbocycles. The molecule has 122 valence electrons. The standard InChI is InChI=1S/C16H19N3O3S/c1-12(20)18-10-7-13-11-15(5-6-16(13)18)23(21,22)19(9-2-8-17)14-3-4-14/h5-6,11,14H,2-4,7,9-10H2,1H3. The summed E-state index contributed by atoms with van der Waals surface area (Å²) in [6.45, 7) is 2.34. The number of rotatable bonds is 5. The van der Waals surface area contributed by atoms with E-state index in [-0.39, 0.29) is 29.8 Å². The molecule has 1 saturated carbocycles. The Morgan fingerprint density at radius 1 is 1.43 bits per heavy atom. The van der Waals surface area contributed by atoms with Crippen molar-refractivity contribution in [2.75, 3.05) is 18.0 Å². The van der Waals surface area contributed by atoms with E-state index < -0.39 is 10.0 Å². The molecule has 0 aromatic heterocycles. The molecule has 0 unspecified atom stereocenters. The molecule has 1 aromatic carbocycles. The van der Waals surface area contributed by atoms with Gasteiger partial charge in [0.2, 0.25) is 15.9 Å². The van der Waals surface area contributed by atoms with Gasteiger partial charge in [0.1, 0.15) is 0 Å². The molecule has 6 nitrogen and oxygen atoms in total. The molecule has 1 aromatic rings. The van der Waals surface area contributed by atoms with Crippen LogP contribution in [0.3, 0.4) is 0 Å². The van der Waals surface area contributed by atoms with Gasteiger partial charge in [0.05, 0.1) is 11.0 Å². The monoisotopic (exact) mass is 333 g/mol. The molecular formula is C16H19N3O3S. The molecule has 0 saturated heterocycles. The van der Waals surface area contributed by atoms with Crippen molar-refractivity contribution in [3.05, 3.63) is 23.8 Å². The first-order valence-corrected chi connectivity index (χ1v) is 9.19. The molecule has 1 amide bonds. The van der Waals surface area contributed by atoms with Crippen LogP contribution in [0.5, 0.6) is 0 Å². The number of nitriles is 1. The van der Waals surface area contributed by atoms with E-state index in [0.29, 0.717) is 13.0 Å². The number of benzene rings is 1. The van der Waals surface area contributed by atoms with Gasteiger partial charge in [0, 0.05) is 38.2 Å². The van der Waals surface area contributed by atoms with Crippen molar-refractivity contribution in [1.29, 1.82) is 5.26 Å². The maximum absolute atomic E-state index is 12.9. The number of amides is 1. The Hall–Kier alpha value is -1.91. The Bertz CT molecular complexity index is 778. The van der Waals surface area contributed by atoms with E-state index in [9.17, 15) is 13.2 Å². The summed E-state index contributed by atoms with van der Waals surface area (Å²) in [5.41, 5.74) is 1.68. The van der Waals surface area contributed by atoms with Crippen LogP contribution < -0.4 is 4.90 Å². The van der Waals surface area contributed by atoms with E-state index in [4.69, 9.17) is 5.26 Å². The van der Waals surface area contributed by atoms with E-state index >= 15 is 0 Å². The van der Waals surface area contributed by atoms with E-state index in [0.717, 1.165) is 24.1 Å². The third-order valence-electron chi connectivity index (χ3n) is 4.33. The summed E-state index contributed by atoms with van der Waals surface area (Å²) in [4.78, 5) is 13.5. The third kappa shape index (κ3) is 2.96. The average molecular weight is 333 g/mol. The van der Waals surface area contributed by atoms with Gasteiger partial charge < -0.3 is 4.90 Å². The summed E-state index contributed by atoms with van der Waals surface area (Å²) in [5, 5.41) is 8.75. The molecule has 1 aliphatic heterocycles. The summed E-state index contributed by atoms with van der Waals surface area (Å²) in [5.74, 6) is -0.0343. The summed E-state index contributed by atoms with van der Waals surface area (Å²) >= 11 is 0. The Kier molecular flexibility index (Phi) is 4.13. The molecule has 1 fully saturated rings.